The fourth-order valence-corrected chi connectivity index (χ4v) is 2.71. The van der Waals surface area contributed by atoms with Gasteiger partial charge in [-0.1, -0.05) is 5.21 Å². The Bertz CT molecular complexity index is 581. The monoisotopic (exact) mass is 325 g/mol. The van der Waals surface area contributed by atoms with Crippen molar-refractivity contribution < 1.29 is 9.47 Å². The van der Waals surface area contributed by atoms with Crippen molar-refractivity contribution in [1.29, 1.82) is 0 Å². The Morgan fingerprint density at radius 2 is 2.26 bits per heavy atom. The summed E-state index contributed by atoms with van der Waals surface area (Å²) in [6.07, 6.45) is 4.12. The highest BCUT2D eigenvalue weighted by Crippen LogP contribution is 2.29. The van der Waals surface area contributed by atoms with Crippen molar-refractivity contribution in [1.82, 2.24) is 15.0 Å². The van der Waals surface area contributed by atoms with Gasteiger partial charge in [-0.3, -0.25) is 0 Å². The molecule has 0 spiro atoms. The van der Waals surface area contributed by atoms with Crippen LogP contribution in [-0.4, -0.2) is 34.8 Å². The van der Waals surface area contributed by atoms with E-state index in [4.69, 9.17) is 9.47 Å². The number of aromatic nitrogens is 3. The molecule has 0 unspecified atom stereocenters. The van der Waals surface area contributed by atoms with Gasteiger partial charge in [0.05, 0.1) is 26.4 Å². The Morgan fingerprint density at radius 3 is 2.95 bits per heavy atom. The average Bonchev–Trinajstić information content (AvgIpc) is 2.78. The van der Waals surface area contributed by atoms with E-state index in [-0.39, 0.29) is 0 Å². The standard InChI is InChI=1S/C13H16BrN3O2/c1-18-11-6-5-10(14)13-12(11)15-16-17(13)7-8-19-9-3-2-4-9/h5-6,9H,2-4,7-8H2,1H3. The highest BCUT2D eigenvalue weighted by molar-refractivity contribution is 9.10. The van der Waals surface area contributed by atoms with E-state index in [1.54, 1.807) is 7.11 Å². The molecular formula is C13H16BrN3O2. The summed E-state index contributed by atoms with van der Waals surface area (Å²) < 4.78 is 13.9. The Labute approximate surface area is 120 Å². The number of ether oxygens (including phenoxy) is 2. The lowest BCUT2D eigenvalue weighted by Crippen LogP contribution is -2.23. The maximum Gasteiger partial charge on any atom is 0.156 e. The third-order valence-electron chi connectivity index (χ3n) is 3.50. The largest absolute Gasteiger partial charge is 0.494 e. The van der Waals surface area contributed by atoms with Gasteiger partial charge in [-0.2, -0.15) is 0 Å². The van der Waals surface area contributed by atoms with Crippen LogP contribution >= 0.6 is 15.9 Å². The molecule has 0 aliphatic heterocycles. The van der Waals surface area contributed by atoms with Gasteiger partial charge in [0.2, 0.25) is 0 Å². The average molecular weight is 326 g/mol. The summed E-state index contributed by atoms with van der Waals surface area (Å²) in [4.78, 5) is 0. The van der Waals surface area contributed by atoms with Crippen molar-refractivity contribution in [3.63, 3.8) is 0 Å². The summed E-state index contributed by atoms with van der Waals surface area (Å²) >= 11 is 3.54. The van der Waals surface area contributed by atoms with Gasteiger partial charge in [-0.25, -0.2) is 4.68 Å². The minimum absolute atomic E-state index is 0.452. The highest BCUT2D eigenvalue weighted by Gasteiger charge is 2.18. The quantitative estimate of drug-likeness (QED) is 0.848. The van der Waals surface area contributed by atoms with Crippen molar-refractivity contribution in [2.45, 2.75) is 31.9 Å². The maximum absolute atomic E-state index is 5.76. The van der Waals surface area contributed by atoms with Crippen molar-refractivity contribution in [3.05, 3.63) is 16.6 Å². The number of halogens is 1. The van der Waals surface area contributed by atoms with E-state index in [2.05, 4.69) is 26.2 Å². The molecule has 102 valence electrons. The lowest BCUT2D eigenvalue weighted by molar-refractivity contribution is -0.00213. The first-order chi connectivity index (χ1) is 9.29. The summed E-state index contributed by atoms with van der Waals surface area (Å²) in [5, 5.41) is 8.37. The predicted molar refractivity (Wildman–Crippen MR) is 75.4 cm³/mol. The fraction of sp³-hybridized carbons (Fsp3) is 0.538. The first kappa shape index (κ1) is 12.9. The third-order valence-corrected chi connectivity index (χ3v) is 4.14. The van der Waals surface area contributed by atoms with Crippen molar-refractivity contribution in [2.75, 3.05) is 13.7 Å². The Balaban J connectivity index is 1.78. The van der Waals surface area contributed by atoms with Gasteiger partial charge in [0.1, 0.15) is 11.3 Å². The van der Waals surface area contributed by atoms with Gasteiger partial charge in [0.25, 0.3) is 0 Å². The zero-order chi connectivity index (χ0) is 13.2. The lowest BCUT2D eigenvalue weighted by atomic mass is 9.96. The number of hydrogen-bond donors (Lipinski definition) is 0. The van der Waals surface area contributed by atoms with E-state index < -0.39 is 0 Å². The highest BCUT2D eigenvalue weighted by atomic mass is 79.9. The molecule has 1 aromatic carbocycles. The summed E-state index contributed by atoms with van der Waals surface area (Å²) in [5.41, 5.74) is 1.73. The molecule has 1 aliphatic rings. The van der Waals surface area contributed by atoms with Crippen LogP contribution in [0.1, 0.15) is 19.3 Å². The third kappa shape index (κ3) is 2.47. The Morgan fingerprint density at radius 1 is 1.42 bits per heavy atom. The molecule has 0 bridgehead atoms. The van der Waals surface area contributed by atoms with E-state index in [9.17, 15) is 0 Å². The van der Waals surface area contributed by atoms with Gasteiger partial charge >= 0.3 is 0 Å². The van der Waals surface area contributed by atoms with E-state index >= 15 is 0 Å². The molecule has 19 heavy (non-hydrogen) atoms. The van der Waals surface area contributed by atoms with Crippen molar-refractivity contribution in [3.8, 4) is 5.75 Å². The second kappa shape index (κ2) is 5.46. The molecule has 0 saturated heterocycles. The topological polar surface area (TPSA) is 49.2 Å². The van der Waals surface area contributed by atoms with E-state index in [0.29, 0.717) is 19.3 Å². The van der Waals surface area contributed by atoms with Crippen LogP contribution in [0.2, 0.25) is 0 Å². The smallest absolute Gasteiger partial charge is 0.156 e. The van der Waals surface area contributed by atoms with E-state index in [0.717, 1.165) is 21.3 Å². The lowest BCUT2D eigenvalue weighted by Gasteiger charge is -2.25. The van der Waals surface area contributed by atoms with Crippen LogP contribution in [0.3, 0.4) is 0 Å². The summed E-state index contributed by atoms with van der Waals surface area (Å²) in [6, 6.07) is 3.84. The van der Waals surface area contributed by atoms with E-state index in [1.807, 2.05) is 16.8 Å². The maximum atomic E-state index is 5.76. The van der Waals surface area contributed by atoms with Crippen LogP contribution in [0.15, 0.2) is 16.6 Å². The molecular weight excluding hydrogens is 310 g/mol. The zero-order valence-electron chi connectivity index (χ0n) is 10.8. The number of benzene rings is 1. The normalized spacial score (nSPS) is 15.7. The number of rotatable bonds is 5. The minimum Gasteiger partial charge on any atom is -0.494 e. The van der Waals surface area contributed by atoms with E-state index in [1.165, 1.54) is 19.3 Å². The number of nitrogens with zero attached hydrogens (tertiary/aromatic N) is 3. The molecule has 6 heteroatoms. The Hall–Kier alpha value is -1.14. The van der Waals surface area contributed by atoms with Crippen LogP contribution < -0.4 is 4.74 Å². The second-order valence-corrected chi connectivity index (χ2v) is 5.54. The molecule has 2 aromatic rings. The van der Waals surface area contributed by atoms with Crippen LogP contribution in [0, 0.1) is 0 Å². The first-order valence-electron chi connectivity index (χ1n) is 6.47. The predicted octanol–water partition coefficient (Wildman–Crippen LogP) is 2.77. The molecule has 5 nitrogen and oxygen atoms in total. The number of methoxy groups -OCH3 is 1. The molecule has 0 radical (unpaired) electrons. The number of hydrogen-bond acceptors (Lipinski definition) is 4. The molecule has 3 rings (SSSR count). The summed E-state index contributed by atoms with van der Waals surface area (Å²) in [7, 11) is 1.64. The molecule has 0 N–H and O–H groups in total. The molecule has 0 atom stereocenters. The van der Waals surface area contributed by atoms with Gasteiger partial charge in [-0.15, -0.1) is 5.10 Å². The summed E-state index contributed by atoms with van der Waals surface area (Å²) in [6.45, 7) is 1.38. The molecule has 1 fully saturated rings. The van der Waals surface area contributed by atoms with Crippen LogP contribution in [0.25, 0.3) is 11.0 Å². The SMILES string of the molecule is COc1ccc(Br)c2c1nnn2CCOC1CCC1. The van der Waals surface area contributed by atoms with Crippen LogP contribution in [0.4, 0.5) is 0 Å². The molecule has 1 aromatic heterocycles. The number of fused-ring (bicyclic) bond motifs is 1. The molecule has 1 aliphatic carbocycles. The van der Waals surface area contributed by atoms with Crippen molar-refractivity contribution in [2.24, 2.45) is 0 Å². The van der Waals surface area contributed by atoms with Gasteiger partial charge < -0.3 is 9.47 Å². The van der Waals surface area contributed by atoms with Crippen LogP contribution in [-0.2, 0) is 11.3 Å². The fourth-order valence-electron chi connectivity index (χ4n) is 2.19. The van der Waals surface area contributed by atoms with Gasteiger partial charge in [0.15, 0.2) is 5.52 Å². The molecule has 1 heterocycles. The van der Waals surface area contributed by atoms with Gasteiger partial charge in [-0.05, 0) is 47.3 Å². The Kier molecular flexibility index (Phi) is 3.70. The van der Waals surface area contributed by atoms with Crippen molar-refractivity contribution >= 4 is 27.0 Å². The van der Waals surface area contributed by atoms with Crippen LogP contribution in [0.5, 0.6) is 5.75 Å². The molecule has 0 amide bonds. The molecule has 1 saturated carbocycles. The van der Waals surface area contributed by atoms with Gasteiger partial charge in [0, 0.05) is 4.47 Å². The summed E-state index contributed by atoms with van der Waals surface area (Å²) in [5.74, 6) is 0.740. The zero-order valence-corrected chi connectivity index (χ0v) is 12.4. The minimum atomic E-state index is 0.452. The second-order valence-electron chi connectivity index (χ2n) is 4.68. The first-order valence-corrected chi connectivity index (χ1v) is 7.26.